The van der Waals surface area contributed by atoms with Gasteiger partial charge in [-0.15, -0.1) is 0 Å². The van der Waals surface area contributed by atoms with Gasteiger partial charge in [0.05, 0.1) is 6.42 Å². The quantitative estimate of drug-likeness (QED) is 0.172. The minimum atomic E-state index is -0.0888. The van der Waals surface area contributed by atoms with E-state index in [1.807, 2.05) is 0 Å². The van der Waals surface area contributed by atoms with Gasteiger partial charge in [0.15, 0.2) is 5.78 Å². The van der Waals surface area contributed by atoms with Crippen LogP contribution in [0.25, 0.3) is 0 Å². The number of carbonyl (C=O) groups excluding carboxylic acids is 3. The molecule has 0 aromatic heterocycles. The lowest BCUT2D eigenvalue weighted by molar-refractivity contribution is -0.129. The monoisotopic (exact) mass is 528 g/mol. The van der Waals surface area contributed by atoms with E-state index in [1.165, 1.54) is 29.2 Å². The van der Waals surface area contributed by atoms with E-state index in [0.717, 1.165) is 68.9 Å². The van der Waals surface area contributed by atoms with E-state index < -0.39 is 0 Å². The van der Waals surface area contributed by atoms with Crippen molar-refractivity contribution in [3.63, 3.8) is 0 Å². The number of allylic oxidation sites excluding steroid dienone is 2. The molecular weight excluding hydrogens is 480 g/mol. The average molecular weight is 529 g/mol. The highest BCUT2D eigenvalue weighted by Crippen LogP contribution is 2.37. The minimum absolute atomic E-state index is 0.0347. The lowest BCUT2D eigenvalue weighted by Gasteiger charge is -2.32. The van der Waals surface area contributed by atoms with Gasteiger partial charge in [0.1, 0.15) is 11.6 Å². The summed E-state index contributed by atoms with van der Waals surface area (Å²) in [6, 6.07) is 15.0. The van der Waals surface area contributed by atoms with E-state index in [9.17, 15) is 14.4 Å². The highest BCUT2D eigenvalue weighted by Gasteiger charge is 2.33. The second-order valence-electron chi connectivity index (χ2n) is 11.7. The molecule has 210 valence electrons. The van der Waals surface area contributed by atoms with Crippen LogP contribution in [0.3, 0.4) is 0 Å². The van der Waals surface area contributed by atoms with Crippen LogP contribution in [0.1, 0.15) is 112 Å². The van der Waals surface area contributed by atoms with Crippen LogP contribution in [0.4, 0.5) is 0 Å². The van der Waals surface area contributed by atoms with Gasteiger partial charge in [-0.1, -0.05) is 94.1 Å². The first-order chi connectivity index (χ1) is 18.8. The van der Waals surface area contributed by atoms with Gasteiger partial charge < -0.3 is 0 Å². The molecule has 0 aliphatic heterocycles. The summed E-state index contributed by atoms with van der Waals surface area (Å²) in [5, 5.41) is 0. The fourth-order valence-electron chi connectivity index (χ4n) is 6.66. The molecule has 3 rings (SSSR count). The number of Topliss-reactive ketones (excluding diaryl/α,β-unsaturated/α-hetero) is 3. The maximum Gasteiger partial charge on any atom is 0.163 e. The zero-order chi connectivity index (χ0) is 28.4. The molecule has 0 N–H and O–H groups in total. The lowest BCUT2D eigenvalue weighted by atomic mass is 9.71. The fourth-order valence-corrected chi connectivity index (χ4v) is 6.66. The Morgan fingerprint density at radius 1 is 1.00 bits per heavy atom. The lowest BCUT2D eigenvalue weighted by Crippen LogP contribution is -2.30. The minimum Gasteiger partial charge on any atom is -0.300 e. The first-order valence-electron chi connectivity index (χ1n) is 15.2. The van der Waals surface area contributed by atoms with Crippen molar-refractivity contribution in [2.45, 2.75) is 105 Å². The summed E-state index contributed by atoms with van der Waals surface area (Å²) in [7, 11) is 0. The van der Waals surface area contributed by atoms with Crippen LogP contribution in [0.5, 0.6) is 0 Å². The Labute approximate surface area is 236 Å². The summed E-state index contributed by atoms with van der Waals surface area (Å²) in [6.45, 7) is 10.1. The predicted molar refractivity (Wildman–Crippen MR) is 161 cm³/mol. The van der Waals surface area contributed by atoms with Crippen LogP contribution in [0, 0.1) is 24.7 Å². The molecule has 0 heterocycles. The summed E-state index contributed by atoms with van der Waals surface area (Å²) in [5.74, 6) is 0.678. The van der Waals surface area contributed by atoms with Crippen molar-refractivity contribution in [3.05, 3.63) is 81.9 Å². The van der Waals surface area contributed by atoms with E-state index in [-0.39, 0.29) is 41.5 Å². The Morgan fingerprint density at radius 2 is 1.74 bits per heavy atom. The fraction of sp³-hybridized carbons (Fsp3) is 0.528. The van der Waals surface area contributed by atoms with Gasteiger partial charge in [-0.05, 0) is 86.5 Å². The molecule has 3 heteroatoms. The molecule has 2 aromatic carbocycles. The summed E-state index contributed by atoms with van der Waals surface area (Å²) < 4.78 is 0. The summed E-state index contributed by atoms with van der Waals surface area (Å²) >= 11 is 0. The molecule has 0 saturated carbocycles. The van der Waals surface area contributed by atoms with Crippen LogP contribution in [-0.4, -0.2) is 17.3 Å². The van der Waals surface area contributed by atoms with E-state index >= 15 is 0 Å². The number of carbonyl (C=O) groups is 3. The Balaban J connectivity index is 1.77. The molecule has 0 saturated heterocycles. The molecule has 3 unspecified atom stereocenters. The van der Waals surface area contributed by atoms with Gasteiger partial charge in [-0.2, -0.15) is 0 Å². The van der Waals surface area contributed by atoms with Crippen LogP contribution < -0.4 is 0 Å². The number of ketones is 3. The topological polar surface area (TPSA) is 51.2 Å². The van der Waals surface area contributed by atoms with Gasteiger partial charge in [0, 0.05) is 17.9 Å². The Bertz CT molecular complexity index is 1160. The molecule has 3 atom stereocenters. The summed E-state index contributed by atoms with van der Waals surface area (Å²) in [4.78, 5) is 38.0. The number of fused-ring (bicyclic) bond motifs is 1. The molecule has 0 radical (unpaired) electrons. The van der Waals surface area contributed by atoms with Gasteiger partial charge >= 0.3 is 0 Å². The predicted octanol–water partition coefficient (Wildman–Crippen LogP) is 8.63. The molecule has 0 spiro atoms. The third-order valence-corrected chi connectivity index (χ3v) is 8.52. The maximum absolute atomic E-state index is 13.5. The Morgan fingerprint density at radius 3 is 2.38 bits per heavy atom. The van der Waals surface area contributed by atoms with E-state index in [0.29, 0.717) is 6.42 Å². The summed E-state index contributed by atoms with van der Waals surface area (Å²) in [5.41, 5.74) is 7.28. The average Bonchev–Trinajstić information content (AvgIpc) is 2.89. The maximum atomic E-state index is 13.5. The van der Waals surface area contributed by atoms with E-state index in [2.05, 4.69) is 76.2 Å². The first kappa shape index (κ1) is 30.7. The second-order valence-corrected chi connectivity index (χ2v) is 11.7. The van der Waals surface area contributed by atoms with Gasteiger partial charge in [0.2, 0.25) is 0 Å². The van der Waals surface area contributed by atoms with Crippen molar-refractivity contribution < 1.29 is 14.4 Å². The van der Waals surface area contributed by atoms with Crippen molar-refractivity contribution in [2.75, 3.05) is 0 Å². The normalized spacial score (nSPS) is 17.0. The highest BCUT2D eigenvalue weighted by atomic mass is 16.1. The largest absolute Gasteiger partial charge is 0.300 e. The molecule has 1 aliphatic rings. The van der Waals surface area contributed by atoms with E-state index in [4.69, 9.17) is 0 Å². The Hall–Kier alpha value is -2.81. The number of rotatable bonds is 15. The zero-order valence-corrected chi connectivity index (χ0v) is 24.9. The molecule has 2 aromatic rings. The molecule has 39 heavy (non-hydrogen) atoms. The first-order valence-corrected chi connectivity index (χ1v) is 15.2. The third kappa shape index (κ3) is 8.59. The molecule has 0 fully saturated rings. The molecule has 3 nitrogen and oxygen atoms in total. The van der Waals surface area contributed by atoms with Crippen molar-refractivity contribution in [3.8, 4) is 0 Å². The molecule has 0 amide bonds. The number of hydrogen-bond acceptors (Lipinski definition) is 3. The van der Waals surface area contributed by atoms with Crippen LogP contribution in [-0.2, 0) is 28.9 Å². The van der Waals surface area contributed by atoms with Crippen molar-refractivity contribution in [2.24, 2.45) is 17.8 Å². The van der Waals surface area contributed by atoms with Crippen LogP contribution in [0.2, 0.25) is 0 Å². The zero-order valence-electron chi connectivity index (χ0n) is 24.9. The third-order valence-electron chi connectivity index (χ3n) is 8.52. The SMILES string of the molecule is CCC/C(=C\Cc1ccccc1)Cc1ccc2c(c1C)C(=O)CC(CC(CCC)C(CC)C(=O)CC(C)=O)C2. The Kier molecular flexibility index (Phi) is 11.9. The standard InChI is InChI=1S/C36H48O3/c1-6-12-28(17-16-27-14-10-9-11-15-27)21-30-18-19-32-23-29(24-35(39)36(32)26(30)5)22-31(13-7-2)33(8-3)34(38)20-25(4)37/h9-11,14-15,17-19,29,31,33H,6-8,12-13,16,20-24H2,1-5H3/b28-17+. The molecule has 1 aliphatic carbocycles. The second kappa shape index (κ2) is 15.1. The van der Waals surface area contributed by atoms with Crippen molar-refractivity contribution >= 4 is 17.3 Å². The smallest absolute Gasteiger partial charge is 0.163 e. The number of benzene rings is 2. The van der Waals surface area contributed by atoms with E-state index in [1.54, 1.807) is 0 Å². The number of hydrogen-bond donors (Lipinski definition) is 0. The van der Waals surface area contributed by atoms with Gasteiger partial charge in [0.25, 0.3) is 0 Å². The van der Waals surface area contributed by atoms with Crippen LogP contribution >= 0.6 is 0 Å². The summed E-state index contributed by atoms with van der Waals surface area (Å²) in [6.07, 6.45) is 11.5. The molecule has 0 bridgehead atoms. The highest BCUT2D eigenvalue weighted by molar-refractivity contribution is 6.00. The van der Waals surface area contributed by atoms with Gasteiger partial charge in [-0.25, -0.2) is 0 Å². The van der Waals surface area contributed by atoms with Crippen LogP contribution in [0.15, 0.2) is 54.1 Å². The van der Waals surface area contributed by atoms with Crippen molar-refractivity contribution in [1.82, 2.24) is 0 Å². The van der Waals surface area contributed by atoms with Gasteiger partial charge in [-0.3, -0.25) is 14.4 Å². The molecular formula is C36H48O3. The van der Waals surface area contributed by atoms with Crippen molar-refractivity contribution in [1.29, 1.82) is 0 Å².